The van der Waals surface area contributed by atoms with Crippen molar-refractivity contribution < 1.29 is 14.6 Å². The lowest BCUT2D eigenvalue weighted by molar-refractivity contribution is 0.139. The van der Waals surface area contributed by atoms with Crippen LogP contribution < -0.4 is 5.32 Å². The molecule has 0 aliphatic heterocycles. The summed E-state index contributed by atoms with van der Waals surface area (Å²) in [4.78, 5) is 15.8. The number of rotatable bonds is 6. The zero-order chi connectivity index (χ0) is 15.4. The Morgan fingerprint density at radius 3 is 2.91 bits per heavy atom. The van der Waals surface area contributed by atoms with Crippen LogP contribution in [0.15, 0.2) is 30.3 Å². The summed E-state index contributed by atoms with van der Waals surface area (Å²) in [6, 6.07) is 9.45. The summed E-state index contributed by atoms with van der Waals surface area (Å²) < 4.78 is 5.09. The molecule has 1 aliphatic carbocycles. The number of nitrogens with zero attached hydrogens (tertiary/aromatic N) is 2. The molecule has 1 saturated carbocycles. The van der Waals surface area contributed by atoms with Crippen molar-refractivity contribution in [1.82, 2.24) is 20.5 Å². The van der Waals surface area contributed by atoms with E-state index in [-0.39, 0.29) is 19.1 Å². The summed E-state index contributed by atoms with van der Waals surface area (Å²) >= 11 is 0. The van der Waals surface area contributed by atoms with Crippen molar-refractivity contribution in [3.8, 4) is 0 Å². The van der Waals surface area contributed by atoms with Crippen molar-refractivity contribution in [3.05, 3.63) is 47.5 Å². The molecule has 1 heterocycles. The Morgan fingerprint density at radius 1 is 1.41 bits per heavy atom. The minimum atomic E-state index is -0.616. The number of H-pyrrole nitrogens is 1. The highest BCUT2D eigenvalue weighted by Gasteiger charge is 2.33. The first-order valence-electron chi connectivity index (χ1n) is 7.26. The lowest BCUT2D eigenvalue weighted by atomic mass is 10.2. The monoisotopic (exact) mass is 302 g/mol. The van der Waals surface area contributed by atoms with Crippen LogP contribution in [0.1, 0.15) is 36.2 Å². The van der Waals surface area contributed by atoms with E-state index in [1.165, 1.54) is 0 Å². The van der Waals surface area contributed by atoms with Crippen LogP contribution in [0.2, 0.25) is 0 Å². The van der Waals surface area contributed by atoms with E-state index in [4.69, 9.17) is 4.74 Å². The van der Waals surface area contributed by atoms with Crippen LogP contribution in [-0.2, 0) is 17.9 Å². The number of nitrogens with one attached hydrogen (secondary N) is 2. The molecular weight excluding hydrogens is 284 g/mol. The highest BCUT2D eigenvalue weighted by Crippen LogP contribution is 2.39. The number of aromatic amines is 1. The fraction of sp³-hybridized carbons (Fsp3) is 0.400. The van der Waals surface area contributed by atoms with E-state index in [2.05, 4.69) is 20.5 Å². The average molecular weight is 302 g/mol. The molecule has 1 fully saturated rings. The van der Waals surface area contributed by atoms with Gasteiger partial charge in [0.05, 0.1) is 6.54 Å². The number of alkyl carbamates (subject to hydrolysis) is 1. The molecule has 0 saturated heterocycles. The van der Waals surface area contributed by atoms with Crippen molar-refractivity contribution in [2.45, 2.75) is 32.1 Å². The largest absolute Gasteiger partial charge is 0.445 e. The molecule has 22 heavy (non-hydrogen) atoms. The second kappa shape index (κ2) is 6.57. The van der Waals surface area contributed by atoms with Crippen molar-refractivity contribution in [2.24, 2.45) is 5.92 Å². The van der Waals surface area contributed by atoms with Gasteiger partial charge in [0, 0.05) is 0 Å². The maximum Gasteiger partial charge on any atom is 0.407 e. The molecule has 1 amide bonds. The van der Waals surface area contributed by atoms with Crippen molar-refractivity contribution in [2.75, 3.05) is 0 Å². The third-order valence-corrected chi connectivity index (χ3v) is 3.50. The Morgan fingerprint density at radius 2 is 2.18 bits per heavy atom. The third kappa shape index (κ3) is 3.82. The van der Waals surface area contributed by atoms with Gasteiger partial charge in [-0.25, -0.2) is 9.78 Å². The smallest absolute Gasteiger partial charge is 0.407 e. The molecule has 3 N–H and O–H groups in total. The summed E-state index contributed by atoms with van der Waals surface area (Å²) in [7, 11) is 0. The second-order valence-electron chi connectivity index (χ2n) is 5.34. The van der Waals surface area contributed by atoms with E-state index in [9.17, 15) is 9.90 Å². The molecule has 0 radical (unpaired) electrons. The molecule has 1 aliphatic rings. The van der Waals surface area contributed by atoms with Crippen LogP contribution in [0.5, 0.6) is 0 Å². The summed E-state index contributed by atoms with van der Waals surface area (Å²) in [5.41, 5.74) is 0.923. The molecule has 2 aromatic rings. The number of aliphatic hydroxyl groups is 1. The Labute approximate surface area is 127 Å². The van der Waals surface area contributed by atoms with Gasteiger partial charge in [-0.3, -0.25) is 5.10 Å². The van der Waals surface area contributed by atoms with Crippen LogP contribution in [0.25, 0.3) is 0 Å². The number of aromatic nitrogens is 3. The van der Waals surface area contributed by atoms with Gasteiger partial charge >= 0.3 is 6.09 Å². The molecule has 1 aromatic heterocycles. The van der Waals surface area contributed by atoms with Crippen LogP contribution >= 0.6 is 0 Å². The maximum atomic E-state index is 11.6. The van der Waals surface area contributed by atoms with Gasteiger partial charge in [0.2, 0.25) is 0 Å². The standard InChI is InChI=1S/C15H18N4O3/c20-13(11-6-7-11)14-17-12(18-19-14)8-16-15(21)22-9-10-4-2-1-3-5-10/h1-5,11,13,20H,6-9H2,(H,16,21)(H,17,18,19). The Bertz CT molecular complexity index is 625. The Balaban J connectivity index is 1.43. The minimum Gasteiger partial charge on any atom is -0.445 e. The van der Waals surface area contributed by atoms with E-state index < -0.39 is 12.2 Å². The van der Waals surface area contributed by atoms with Crippen molar-refractivity contribution >= 4 is 6.09 Å². The van der Waals surface area contributed by atoms with Gasteiger partial charge in [0.15, 0.2) is 5.82 Å². The average Bonchev–Trinajstić information content (AvgIpc) is 3.29. The summed E-state index contributed by atoms with van der Waals surface area (Å²) in [5.74, 6) is 1.15. The van der Waals surface area contributed by atoms with Crippen molar-refractivity contribution in [1.29, 1.82) is 0 Å². The summed E-state index contributed by atoms with van der Waals surface area (Å²) in [5, 5.41) is 19.2. The molecule has 116 valence electrons. The van der Waals surface area contributed by atoms with Gasteiger partial charge in [-0.2, -0.15) is 5.10 Å². The normalized spacial score (nSPS) is 15.3. The molecule has 1 unspecified atom stereocenters. The second-order valence-corrected chi connectivity index (χ2v) is 5.34. The molecule has 1 atom stereocenters. The van der Waals surface area contributed by atoms with E-state index in [0.717, 1.165) is 18.4 Å². The molecule has 7 nitrogen and oxygen atoms in total. The predicted molar refractivity (Wildman–Crippen MR) is 77.5 cm³/mol. The van der Waals surface area contributed by atoms with E-state index in [1.54, 1.807) is 0 Å². The zero-order valence-electron chi connectivity index (χ0n) is 12.0. The fourth-order valence-corrected chi connectivity index (χ4v) is 2.07. The van der Waals surface area contributed by atoms with Gasteiger partial charge in [-0.1, -0.05) is 30.3 Å². The molecule has 1 aromatic carbocycles. The maximum absolute atomic E-state index is 11.6. The van der Waals surface area contributed by atoms with Gasteiger partial charge in [-0.15, -0.1) is 0 Å². The topological polar surface area (TPSA) is 100 Å². The first-order valence-corrected chi connectivity index (χ1v) is 7.26. The first kappa shape index (κ1) is 14.5. The molecule has 7 heteroatoms. The first-order chi connectivity index (χ1) is 10.7. The lowest BCUT2D eigenvalue weighted by Gasteiger charge is -2.05. The number of aliphatic hydroxyl groups excluding tert-OH is 1. The number of benzene rings is 1. The van der Waals surface area contributed by atoms with Crippen LogP contribution in [0, 0.1) is 5.92 Å². The van der Waals surface area contributed by atoms with Gasteiger partial charge in [0.25, 0.3) is 0 Å². The summed E-state index contributed by atoms with van der Waals surface area (Å²) in [6.45, 7) is 0.396. The quantitative estimate of drug-likeness (QED) is 0.753. The number of carbonyl (C=O) groups is 1. The molecular formula is C15H18N4O3. The highest BCUT2D eigenvalue weighted by molar-refractivity contribution is 5.67. The third-order valence-electron chi connectivity index (χ3n) is 3.50. The number of amides is 1. The molecule has 3 rings (SSSR count). The number of ether oxygens (including phenoxy) is 1. The van der Waals surface area contributed by atoms with Crippen LogP contribution in [0.4, 0.5) is 4.79 Å². The predicted octanol–water partition coefficient (Wildman–Crippen LogP) is 1.67. The van der Waals surface area contributed by atoms with Crippen LogP contribution in [0.3, 0.4) is 0 Å². The fourth-order valence-electron chi connectivity index (χ4n) is 2.07. The van der Waals surface area contributed by atoms with Gasteiger partial charge in [0.1, 0.15) is 18.5 Å². The van der Waals surface area contributed by atoms with E-state index in [0.29, 0.717) is 11.6 Å². The van der Waals surface area contributed by atoms with Crippen molar-refractivity contribution in [3.63, 3.8) is 0 Å². The number of carbonyl (C=O) groups excluding carboxylic acids is 1. The molecule has 0 bridgehead atoms. The van der Waals surface area contributed by atoms with Gasteiger partial charge in [-0.05, 0) is 24.3 Å². The number of hydrogen-bond donors (Lipinski definition) is 3. The molecule has 0 spiro atoms. The number of hydrogen-bond acceptors (Lipinski definition) is 5. The van der Waals surface area contributed by atoms with Gasteiger partial charge < -0.3 is 15.2 Å². The Kier molecular flexibility index (Phi) is 4.34. The zero-order valence-corrected chi connectivity index (χ0v) is 12.0. The Hall–Kier alpha value is -2.41. The highest BCUT2D eigenvalue weighted by atomic mass is 16.5. The van der Waals surface area contributed by atoms with E-state index >= 15 is 0 Å². The van der Waals surface area contributed by atoms with Crippen LogP contribution in [-0.4, -0.2) is 26.4 Å². The SMILES string of the molecule is O=C(NCc1nc(C(O)C2CC2)n[nH]1)OCc1ccccc1. The van der Waals surface area contributed by atoms with E-state index in [1.807, 2.05) is 30.3 Å². The lowest BCUT2D eigenvalue weighted by Crippen LogP contribution is -2.24. The minimum absolute atomic E-state index is 0.179. The summed E-state index contributed by atoms with van der Waals surface area (Å²) in [6.07, 6.45) is 0.879.